The summed E-state index contributed by atoms with van der Waals surface area (Å²) in [6.45, 7) is 1.84. The molecule has 0 radical (unpaired) electrons. The zero-order valence-corrected chi connectivity index (χ0v) is 15.1. The molecule has 1 aromatic heterocycles. The van der Waals surface area contributed by atoms with Crippen molar-refractivity contribution in [2.24, 2.45) is 5.73 Å². The molecule has 0 amide bonds. The van der Waals surface area contributed by atoms with Crippen molar-refractivity contribution in [3.63, 3.8) is 0 Å². The van der Waals surface area contributed by atoms with Gasteiger partial charge in [0.1, 0.15) is 5.82 Å². The van der Waals surface area contributed by atoms with Crippen LogP contribution in [-0.4, -0.2) is 29.9 Å². The molecule has 1 aliphatic heterocycles. The van der Waals surface area contributed by atoms with E-state index in [4.69, 9.17) is 10.7 Å². The van der Waals surface area contributed by atoms with Gasteiger partial charge in [-0.1, -0.05) is 0 Å². The summed E-state index contributed by atoms with van der Waals surface area (Å²) in [5.74, 6) is 1.32. The van der Waals surface area contributed by atoms with Gasteiger partial charge in [-0.15, -0.1) is 24.8 Å². The normalized spacial score (nSPS) is 20.3. The molecule has 6 heteroatoms. The molecule has 2 aliphatic rings. The smallest absolute Gasteiger partial charge is 0.164 e. The van der Waals surface area contributed by atoms with Gasteiger partial charge in [-0.05, 0) is 63.6 Å². The molecule has 1 atom stereocenters. The second-order valence-electron chi connectivity index (χ2n) is 6.21. The van der Waals surface area contributed by atoms with Gasteiger partial charge in [0.2, 0.25) is 0 Å². The average Bonchev–Trinajstić information content (AvgIpc) is 2.53. The van der Waals surface area contributed by atoms with Crippen LogP contribution in [0.2, 0.25) is 0 Å². The van der Waals surface area contributed by atoms with Gasteiger partial charge < -0.3 is 10.6 Å². The van der Waals surface area contributed by atoms with Gasteiger partial charge in [0, 0.05) is 24.6 Å². The molecule has 1 aliphatic carbocycles. The summed E-state index contributed by atoms with van der Waals surface area (Å²) < 4.78 is 0. The van der Waals surface area contributed by atoms with E-state index in [2.05, 4.69) is 4.90 Å². The molecule has 3 rings (SSSR count). The summed E-state index contributed by atoms with van der Waals surface area (Å²) in [4.78, 5) is 19.2. The van der Waals surface area contributed by atoms with Crippen molar-refractivity contribution >= 4 is 36.4 Å². The molecule has 2 N–H and O–H groups in total. The molecule has 0 saturated carbocycles. The van der Waals surface area contributed by atoms with E-state index < -0.39 is 0 Å². The van der Waals surface area contributed by atoms with Gasteiger partial charge in [-0.25, -0.2) is 4.98 Å². The van der Waals surface area contributed by atoms with Crippen molar-refractivity contribution in [2.75, 3.05) is 18.0 Å². The maximum Gasteiger partial charge on any atom is 0.164 e. The Balaban J connectivity index is 0.00000132. The Kier molecular flexibility index (Phi) is 8.31. The van der Waals surface area contributed by atoms with Crippen molar-refractivity contribution in [1.82, 2.24) is 4.98 Å². The van der Waals surface area contributed by atoms with Gasteiger partial charge in [-0.3, -0.25) is 4.79 Å². The fourth-order valence-corrected chi connectivity index (χ4v) is 3.60. The summed E-state index contributed by atoms with van der Waals surface area (Å²) in [6.07, 6.45) is 8.55. The van der Waals surface area contributed by atoms with E-state index in [0.29, 0.717) is 12.5 Å². The first kappa shape index (κ1) is 20.2. The first-order valence-electron chi connectivity index (χ1n) is 8.29. The minimum Gasteiger partial charge on any atom is -0.354 e. The number of aromatic nitrogens is 1. The molecule has 1 saturated heterocycles. The number of anilines is 1. The summed E-state index contributed by atoms with van der Waals surface area (Å²) in [5.41, 5.74) is 7.52. The van der Waals surface area contributed by atoms with Crippen LogP contribution in [0.3, 0.4) is 0 Å². The number of hydrogen-bond acceptors (Lipinski definition) is 4. The molecule has 1 unspecified atom stereocenters. The number of Topliss-reactive ketones (excluding diaryl/α,β-unsaturated/α-hetero) is 1. The maximum absolute atomic E-state index is 11.9. The fraction of sp³-hybridized carbons (Fsp3) is 0.647. The van der Waals surface area contributed by atoms with Crippen LogP contribution in [0.1, 0.15) is 61.0 Å². The fourth-order valence-electron chi connectivity index (χ4n) is 3.60. The lowest BCUT2D eigenvalue weighted by Crippen LogP contribution is -2.40. The number of rotatable bonds is 4. The number of nitrogens with two attached hydrogens (primary N) is 1. The van der Waals surface area contributed by atoms with Crippen LogP contribution >= 0.6 is 24.8 Å². The summed E-state index contributed by atoms with van der Waals surface area (Å²) >= 11 is 0. The van der Waals surface area contributed by atoms with E-state index in [1.807, 2.05) is 12.1 Å². The van der Waals surface area contributed by atoms with Crippen LogP contribution in [0, 0.1) is 0 Å². The van der Waals surface area contributed by atoms with Crippen LogP contribution in [-0.2, 0) is 6.42 Å². The number of carbonyl (C=O) groups excluding carboxylic acids is 1. The molecule has 130 valence electrons. The molecule has 4 nitrogen and oxygen atoms in total. The Morgan fingerprint density at radius 3 is 2.78 bits per heavy atom. The van der Waals surface area contributed by atoms with E-state index in [0.717, 1.165) is 55.8 Å². The van der Waals surface area contributed by atoms with E-state index in [1.165, 1.54) is 19.3 Å². The Hall–Kier alpha value is -0.840. The predicted molar refractivity (Wildman–Crippen MR) is 99.3 cm³/mol. The number of aryl methyl sites for hydroxylation is 1. The summed E-state index contributed by atoms with van der Waals surface area (Å²) in [7, 11) is 0. The molecule has 1 aromatic rings. The van der Waals surface area contributed by atoms with Gasteiger partial charge in [0.15, 0.2) is 5.78 Å². The number of fused-ring (bicyclic) bond motifs is 1. The molecule has 0 spiro atoms. The molecule has 0 aromatic carbocycles. The van der Waals surface area contributed by atoms with E-state index >= 15 is 0 Å². The SMILES string of the molecule is Cl.Cl.NCCCC1CCCCN1c1ccc2c(n1)CCCC2=O. The van der Waals surface area contributed by atoms with Crippen molar-refractivity contribution in [2.45, 2.75) is 57.4 Å². The van der Waals surface area contributed by atoms with Crippen molar-refractivity contribution in [3.05, 3.63) is 23.4 Å². The zero-order chi connectivity index (χ0) is 14.7. The Bertz CT molecular complexity index is 525. The number of nitrogens with zero attached hydrogens (tertiary/aromatic N) is 2. The average molecular weight is 360 g/mol. The highest BCUT2D eigenvalue weighted by molar-refractivity contribution is 5.98. The molecule has 23 heavy (non-hydrogen) atoms. The highest BCUT2D eigenvalue weighted by Gasteiger charge is 2.25. The van der Waals surface area contributed by atoms with E-state index in [-0.39, 0.29) is 30.6 Å². The van der Waals surface area contributed by atoms with Gasteiger partial charge >= 0.3 is 0 Å². The van der Waals surface area contributed by atoms with Crippen molar-refractivity contribution in [1.29, 1.82) is 0 Å². The Morgan fingerprint density at radius 1 is 1.17 bits per heavy atom. The molecule has 0 bridgehead atoms. The first-order chi connectivity index (χ1) is 10.3. The number of carbonyl (C=O) groups is 1. The summed E-state index contributed by atoms with van der Waals surface area (Å²) in [5, 5.41) is 0. The van der Waals surface area contributed by atoms with Crippen molar-refractivity contribution in [3.8, 4) is 0 Å². The van der Waals surface area contributed by atoms with Gasteiger partial charge in [0.05, 0.1) is 5.69 Å². The van der Waals surface area contributed by atoms with Gasteiger partial charge in [-0.2, -0.15) is 0 Å². The van der Waals surface area contributed by atoms with E-state index in [9.17, 15) is 4.79 Å². The molecular weight excluding hydrogens is 333 g/mol. The van der Waals surface area contributed by atoms with E-state index in [1.54, 1.807) is 0 Å². The number of ketones is 1. The largest absolute Gasteiger partial charge is 0.354 e. The Labute approximate surface area is 151 Å². The second kappa shape index (κ2) is 9.45. The van der Waals surface area contributed by atoms with Crippen LogP contribution in [0.5, 0.6) is 0 Å². The third-order valence-electron chi connectivity index (χ3n) is 4.74. The number of pyridine rings is 1. The van der Waals surface area contributed by atoms with Crippen LogP contribution in [0.4, 0.5) is 5.82 Å². The quantitative estimate of drug-likeness (QED) is 0.892. The number of piperidine rings is 1. The van der Waals surface area contributed by atoms with Crippen molar-refractivity contribution < 1.29 is 4.79 Å². The summed E-state index contributed by atoms with van der Waals surface area (Å²) in [6, 6.07) is 4.60. The standard InChI is InChI=1S/C17H25N3O.2ClH/c18-11-4-6-13-5-1-2-12-20(13)17-10-9-14-15(19-17)7-3-8-16(14)21;;/h9-10,13H,1-8,11-12,18H2;2*1H. The maximum atomic E-state index is 11.9. The minimum atomic E-state index is 0. The second-order valence-corrected chi connectivity index (χ2v) is 6.21. The molecule has 2 heterocycles. The highest BCUT2D eigenvalue weighted by Crippen LogP contribution is 2.28. The minimum absolute atomic E-state index is 0. The molecular formula is C17H27Cl2N3O. The topological polar surface area (TPSA) is 59.2 Å². The van der Waals surface area contributed by atoms with Crippen LogP contribution < -0.4 is 10.6 Å². The van der Waals surface area contributed by atoms with Crippen LogP contribution in [0.25, 0.3) is 0 Å². The van der Waals surface area contributed by atoms with Gasteiger partial charge in [0.25, 0.3) is 0 Å². The lowest BCUT2D eigenvalue weighted by Gasteiger charge is -2.37. The molecule has 1 fully saturated rings. The first-order valence-corrected chi connectivity index (χ1v) is 8.29. The third kappa shape index (κ3) is 4.59. The number of hydrogen-bond donors (Lipinski definition) is 1. The lowest BCUT2D eigenvalue weighted by molar-refractivity contribution is 0.0971. The highest BCUT2D eigenvalue weighted by atomic mass is 35.5. The predicted octanol–water partition coefficient (Wildman–Crippen LogP) is 3.54. The zero-order valence-electron chi connectivity index (χ0n) is 13.5. The van der Waals surface area contributed by atoms with Crippen LogP contribution in [0.15, 0.2) is 12.1 Å². The lowest BCUT2D eigenvalue weighted by atomic mass is 9.94. The Morgan fingerprint density at radius 2 is 2.00 bits per heavy atom. The number of halogens is 2. The monoisotopic (exact) mass is 359 g/mol. The third-order valence-corrected chi connectivity index (χ3v) is 4.74.